The predicted octanol–water partition coefficient (Wildman–Crippen LogP) is 3.17. The molecular formula is C21H30N4O. The Hall–Kier alpha value is -1.64. The number of nitrogens with zero attached hydrogens (tertiary/aromatic N) is 2. The molecule has 4 rings (SSSR count). The lowest BCUT2D eigenvalue weighted by Gasteiger charge is -2.51. The second kappa shape index (κ2) is 6.51. The number of rotatable bonds is 3. The molecule has 1 spiro atoms. The van der Waals surface area contributed by atoms with Gasteiger partial charge in [-0.15, -0.1) is 0 Å². The summed E-state index contributed by atoms with van der Waals surface area (Å²) in [7, 11) is 0. The van der Waals surface area contributed by atoms with Crippen LogP contribution >= 0.6 is 0 Å². The molecule has 5 heteroatoms. The summed E-state index contributed by atoms with van der Waals surface area (Å²) in [4.78, 5) is 4.88. The highest BCUT2D eigenvalue weighted by atomic mass is 16.5. The lowest BCUT2D eigenvalue weighted by Crippen LogP contribution is -2.52. The summed E-state index contributed by atoms with van der Waals surface area (Å²) in [5, 5.41) is 13.1. The topological polar surface area (TPSA) is 84.0 Å². The van der Waals surface area contributed by atoms with Gasteiger partial charge in [0.05, 0.1) is 18.3 Å². The average molecular weight is 354 g/mol. The molecule has 0 bridgehead atoms. The first-order valence-corrected chi connectivity index (χ1v) is 9.93. The molecular weight excluding hydrogens is 324 g/mol. The van der Waals surface area contributed by atoms with Crippen LogP contribution in [0.3, 0.4) is 0 Å². The summed E-state index contributed by atoms with van der Waals surface area (Å²) >= 11 is 0. The minimum absolute atomic E-state index is 0.239. The van der Waals surface area contributed by atoms with Crippen molar-refractivity contribution in [2.45, 2.75) is 70.9 Å². The quantitative estimate of drug-likeness (QED) is 0.871. The molecule has 3 aliphatic rings. The van der Waals surface area contributed by atoms with Crippen LogP contribution in [-0.4, -0.2) is 30.3 Å². The summed E-state index contributed by atoms with van der Waals surface area (Å²) in [6.45, 7) is 6.05. The van der Waals surface area contributed by atoms with Gasteiger partial charge in [-0.25, -0.2) is 4.98 Å². The summed E-state index contributed by atoms with van der Waals surface area (Å²) in [6.07, 6.45) is 7.88. The Balaban J connectivity index is 1.44. The van der Waals surface area contributed by atoms with Crippen LogP contribution < -0.4 is 11.1 Å². The van der Waals surface area contributed by atoms with E-state index in [0.717, 1.165) is 50.9 Å². The van der Waals surface area contributed by atoms with Crippen LogP contribution in [0.1, 0.15) is 62.8 Å². The van der Waals surface area contributed by atoms with Gasteiger partial charge in [-0.05, 0) is 67.4 Å². The maximum atomic E-state index is 9.56. The molecule has 0 amide bonds. The second-order valence-corrected chi connectivity index (χ2v) is 9.40. The Morgan fingerprint density at radius 1 is 1.38 bits per heavy atom. The van der Waals surface area contributed by atoms with Crippen molar-refractivity contribution < 1.29 is 4.74 Å². The standard InChI is InChI=1S/C21H30N4O/c1-20(2)5-3-14-7-15(11-22)19(25-18(14)10-20)24-16-8-21(9-16)6-4-17(12-23)26-13-21/h7,16-17H,3-6,8-10,12-13,23H2,1-2H3,(H,24,25). The molecule has 1 aromatic rings. The number of anilines is 1. The maximum Gasteiger partial charge on any atom is 0.144 e. The SMILES string of the molecule is CC1(C)CCc2cc(C#N)c(NC3CC4(CCC(CN)OC4)C3)nc2C1. The normalized spacial score (nSPS) is 32.4. The van der Waals surface area contributed by atoms with Crippen LogP contribution in [0.5, 0.6) is 0 Å². The third-order valence-corrected chi connectivity index (χ3v) is 6.61. The highest BCUT2D eigenvalue weighted by Gasteiger charge is 2.47. The Morgan fingerprint density at radius 3 is 2.85 bits per heavy atom. The Labute approximate surface area is 156 Å². The first-order valence-electron chi connectivity index (χ1n) is 9.93. The number of ether oxygens (including phenoxy) is 1. The number of aryl methyl sites for hydroxylation is 1. The molecule has 2 aliphatic carbocycles. The minimum Gasteiger partial charge on any atom is -0.376 e. The van der Waals surface area contributed by atoms with Crippen molar-refractivity contribution in [2.75, 3.05) is 18.5 Å². The third-order valence-electron chi connectivity index (χ3n) is 6.61. The van der Waals surface area contributed by atoms with E-state index in [1.165, 1.54) is 17.7 Å². The minimum atomic E-state index is 0.239. The van der Waals surface area contributed by atoms with E-state index in [2.05, 4.69) is 31.3 Å². The third kappa shape index (κ3) is 3.33. The van der Waals surface area contributed by atoms with Crippen LogP contribution in [0.2, 0.25) is 0 Å². The number of nitriles is 1. The first kappa shape index (κ1) is 17.8. The van der Waals surface area contributed by atoms with Gasteiger partial charge in [-0.3, -0.25) is 0 Å². The van der Waals surface area contributed by atoms with E-state index in [0.29, 0.717) is 29.0 Å². The number of aromatic nitrogens is 1. The van der Waals surface area contributed by atoms with Gasteiger partial charge in [0.15, 0.2) is 0 Å². The second-order valence-electron chi connectivity index (χ2n) is 9.40. The molecule has 1 saturated heterocycles. The number of hydrogen-bond acceptors (Lipinski definition) is 5. The van der Waals surface area contributed by atoms with Gasteiger partial charge in [0.1, 0.15) is 11.9 Å². The van der Waals surface area contributed by atoms with Crippen LogP contribution in [-0.2, 0) is 17.6 Å². The van der Waals surface area contributed by atoms with Gasteiger partial charge in [-0.2, -0.15) is 5.26 Å². The van der Waals surface area contributed by atoms with Crippen molar-refractivity contribution >= 4 is 5.82 Å². The molecule has 26 heavy (non-hydrogen) atoms. The van der Waals surface area contributed by atoms with Gasteiger partial charge in [0.25, 0.3) is 0 Å². The highest BCUT2D eigenvalue weighted by molar-refractivity contribution is 5.55. The highest BCUT2D eigenvalue weighted by Crippen LogP contribution is 2.49. The van der Waals surface area contributed by atoms with Gasteiger partial charge in [0.2, 0.25) is 0 Å². The van der Waals surface area contributed by atoms with E-state index in [-0.39, 0.29) is 6.10 Å². The molecule has 2 fully saturated rings. The number of pyridine rings is 1. The Morgan fingerprint density at radius 2 is 2.19 bits per heavy atom. The molecule has 1 aliphatic heterocycles. The van der Waals surface area contributed by atoms with E-state index in [4.69, 9.17) is 15.5 Å². The number of nitrogens with two attached hydrogens (primary N) is 1. The van der Waals surface area contributed by atoms with E-state index in [9.17, 15) is 5.26 Å². The number of hydrogen-bond donors (Lipinski definition) is 2. The van der Waals surface area contributed by atoms with Crippen molar-refractivity contribution in [1.29, 1.82) is 5.26 Å². The van der Waals surface area contributed by atoms with Gasteiger partial charge in [-0.1, -0.05) is 13.8 Å². The lowest BCUT2D eigenvalue weighted by molar-refractivity contribution is -0.0963. The van der Waals surface area contributed by atoms with Gasteiger partial charge in [0, 0.05) is 18.3 Å². The fraction of sp³-hybridized carbons (Fsp3) is 0.714. The first-order chi connectivity index (χ1) is 12.4. The fourth-order valence-electron chi connectivity index (χ4n) is 4.88. The lowest BCUT2D eigenvalue weighted by atomic mass is 9.62. The van der Waals surface area contributed by atoms with Crippen molar-refractivity contribution in [1.82, 2.24) is 4.98 Å². The smallest absolute Gasteiger partial charge is 0.144 e. The fourth-order valence-corrected chi connectivity index (χ4v) is 4.88. The molecule has 5 nitrogen and oxygen atoms in total. The Kier molecular flexibility index (Phi) is 4.45. The zero-order valence-electron chi connectivity index (χ0n) is 16.0. The molecule has 2 heterocycles. The number of fused-ring (bicyclic) bond motifs is 1. The van der Waals surface area contributed by atoms with Crippen LogP contribution in [0.25, 0.3) is 0 Å². The zero-order chi connectivity index (χ0) is 18.4. The van der Waals surface area contributed by atoms with Crippen molar-refractivity contribution in [3.05, 3.63) is 22.9 Å². The van der Waals surface area contributed by atoms with Crippen LogP contribution in [0.15, 0.2) is 6.07 Å². The van der Waals surface area contributed by atoms with E-state index < -0.39 is 0 Å². The molecule has 0 aromatic carbocycles. The molecule has 1 aromatic heterocycles. The molecule has 0 radical (unpaired) electrons. The zero-order valence-corrected chi connectivity index (χ0v) is 16.0. The maximum absolute atomic E-state index is 9.56. The predicted molar refractivity (Wildman–Crippen MR) is 102 cm³/mol. The van der Waals surface area contributed by atoms with Crippen molar-refractivity contribution in [3.63, 3.8) is 0 Å². The van der Waals surface area contributed by atoms with Crippen LogP contribution in [0, 0.1) is 22.2 Å². The molecule has 1 unspecified atom stereocenters. The number of nitrogens with one attached hydrogen (secondary N) is 1. The molecule has 1 atom stereocenters. The summed E-state index contributed by atoms with van der Waals surface area (Å²) in [5.41, 5.74) is 9.43. The van der Waals surface area contributed by atoms with E-state index in [1.54, 1.807) is 0 Å². The van der Waals surface area contributed by atoms with Crippen LogP contribution in [0.4, 0.5) is 5.82 Å². The molecule has 3 N–H and O–H groups in total. The summed E-state index contributed by atoms with van der Waals surface area (Å²) in [5.74, 6) is 0.778. The van der Waals surface area contributed by atoms with Crippen molar-refractivity contribution in [3.8, 4) is 6.07 Å². The van der Waals surface area contributed by atoms with Gasteiger partial charge >= 0.3 is 0 Å². The van der Waals surface area contributed by atoms with Crippen molar-refractivity contribution in [2.24, 2.45) is 16.6 Å². The molecule has 140 valence electrons. The van der Waals surface area contributed by atoms with E-state index >= 15 is 0 Å². The Bertz CT molecular complexity index is 720. The molecule has 1 saturated carbocycles. The summed E-state index contributed by atoms with van der Waals surface area (Å²) < 4.78 is 5.90. The van der Waals surface area contributed by atoms with E-state index in [1.807, 2.05) is 0 Å². The summed E-state index contributed by atoms with van der Waals surface area (Å²) in [6, 6.07) is 4.79. The monoisotopic (exact) mass is 354 g/mol. The average Bonchev–Trinajstić information content (AvgIpc) is 2.59. The van der Waals surface area contributed by atoms with Gasteiger partial charge < -0.3 is 15.8 Å². The largest absolute Gasteiger partial charge is 0.376 e.